The van der Waals surface area contributed by atoms with Gasteiger partial charge in [0, 0.05) is 23.8 Å². The van der Waals surface area contributed by atoms with Gasteiger partial charge in [0.15, 0.2) is 17.3 Å². The van der Waals surface area contributed by atoms with Crippen molar-refractivity contribution in [3.05, 3.63) is 34.9 Å². The van der Waals surface area contributed by atoms with Crippen molar-refractivity contribution in [2.45, 2.75) is 71.6 Å². The molecule has 4 aliphatic rings. The summed E-state index contributed by atoms with van der Waals surface area (Å²) in [7, 11) is 0. The third-order valence-corrected chi connectivity index (χ3v) is 10.4. The fraction of sp³-hybridized carbons (Fsp3) is 0.607. The SMILES string of the molecule is CC(=O)[C@H]1CC[C@H]2[C@@H]3CCC4=CC(=O)CC(c5c(C(=O)O)ccc(O)c5O)[C@@]4(C)[C@H]3CC[C@]12C. The van der Waals surface area contributed by atoms with Crippen LogP contribution in [-0.2, 0) is 9.59 Å². The molecule has 1 aromatic rings. The van der Waals surface area contributed by atoms with E-state index < -0.39 is 23.1 Å². The zero-order valence-corrected chi connectivity index (χ0v) is 20.1. The predicted molar refractivity (Wildman–Crippen MR) is 126 cm³/mol. The molecule has 0 amide bonds. The zero-order chi connectivity index (χ0) is 24.6. The number of phenols is 2. The Morgan fingerprint density at radius 3 is 2.44 bits per heavy atom. The van der Waals surface area contributed by atoms with Gasteiger partial charge in [0.1, 0.15) is 5.78 Å². The number of hydrogen-bond donors (Lipinski definition) is 3. The molecule has 34 heavy (non-hydrogen) atoms. The second kappa shape index (κ2) is 7.69. The number of fused-ring (bicyclic) bond motifs is 5. The number of carbonyl (C=O) groups is 3. The first-order valence-electron chi connectivity index (χ1n) is 12.5. The normalized spacial score (nSPS) is 39.0. The number of carbonyl (C=O) groups excluding carboxylic acids is 2. The Hall–Kier alpha value is -2.63. The quantitative estimate of drug-likeness (QED) is 0.526. The van der Waals surface area contributed by atoms with E-state index in [4.69, 9.17) is 0 Å². The van der Waals surface area contributed by atoms with Gasteiger partial charge in [0.05, 0.1) is 5.56 Å². The van der Waals surface area contributed by atoms with Crippen LogP contribution in [0.1, 0.15) is 87.6 Å². The molecule has 0 radical (unpaired) electrons. The Balaban J connectivity index is 1.64. The van der Waals surface area contributed by atoms with Gasteiger partial charge in [-0.2, -0.15) is 0 Å². The standard InChI is InChI=1S/C28H34O6/c1-14(29)19-7-8-20-17-5-4-15-12-16(30)13-22(28(15,3)21(17)10-11-27(19,20)2)24-18(26(33)34)6-9-23(31)25(24)32/h6,9,12,17,19-22,31-32H,4-5,7-8,10-11,13H2,1-3H3,(H,33,34)/t17-,19+,20-,21-,22?,27+,28+/m0/s1. The number of aromatic carboxylic acids is 1. The van der Waals surface area contributed by atoms with Crippen molar-refractivity contribution in [2.24, 2.45) is 34.5 Å². The Morgan fingerprint density at radius 1 is 1.03 bits per heavy atom. The molecule has 0 heterocycles. The van der Waals surface area contributed by atoms with Crippen molar-refractivity contribution in [2.75, 3.05) is 0 Å². The molecule has 6 heteroatoms. The van der Waals surface area contributed by atoms with E-state index in [0.717, 1.165) is 44.1 Å². The van der Waals surface area contributed by atoms with Gasteiger partial charge in [-0.15, -0.1) is 0 Å². The third-order valence-electron chi connectivity index (χ3n) is 10.4. The number of Topliss-reactive ketones (excluding diaryl/α,β-unsaturated/α-hetero) is 1. The van der Waals surface area contributed by atoms with Crippen molar-refractivity contribution >= 4 is 17.5 Å². The van der Waals surface area contributed by atoms with Crippen LogP contribution in [-0.4, -0.2) is 32.9 Å². The molecule has 0 saturated heterocycles. The first-order chi connectivity index (χ1) is 16.0. The lowest BCUT2D eigenvalue weighted by molar-refractivity contribution is -0.129. The fourth-order valence-electron chi connectivity index (χ4n) is 8.85. The number of carboxylic acid groups (broad SMARTS) is 1. The summed E-state index contributed by atoms with van der Waals surface area (Å²) in [5.74, 6) is -1.16. The predicted octanol–water partition coefficient (Wildman–Crippen LogP) is 5.23. The third kappa shape index (κ3) is 3.03. The van der Waals surface area contributed by atoms with Gasteiger partial charge in [0.2, 0.25) is 0 Å². The highest BCUT2D eigenvalue weighted by atomic mass is 16.4. The van der Waals surface area contributed by atoms with Crippen molar-refractivity contribution in [3.63, 3.8) is 0 Å². The zero-order valence-electron chi connectivity index (χ0n) is 20.1. The van der Waals surface area contributed by atoms with Crippen LogP contribution in [0.3, 0.4) is 0 Å². The minimum atomic E-state index is -1.18. The number of allylic oxidation sites excluding steroid dienone is 1. The maximum atomic E-state index is 12.8. The van der Waals surface area contributed by atoms with E-state index in [1.807, 2.05) is 0 Å². The summed E-state index contributed by atoms with van der Waals surface area (Å²) in [6.45, 7) is 6.14. The Morgan fingerprint density at radius 2 is 1.76 bits per heavy atom. The van der Waals surface area contributed by atoms with Gasteiger partial charge in [-0.1, -0.05) is 19.4 Å². The molecule has 0 aliphatic heterocycles. The molecule has 0 aromatic heterocycles. The molecule has 1 unspecified atom stereocenters. The molecule has 3 fully saturated rings. The van der Waals surface area contributed by atoms with Crippen LogP contribution in [0, 0.1) is 34.5 Å². The molecule has 6 nitrogen and oxygen atoms in total. The van der Waals surface area contributed by atoms with Gasteiger partial charge in [0.25, 0.3) is 0 Å². The Labute approximate surface area is 200 Å². The maximum absolute atomic E-state index is 12.8. The highest BCUT2D eigenvalue weighted by Crippen LogP contribution is 2.69. The average Bonchev–Trinajstić information content (AvgIpc) is 3.13. The lowest BCUT2D eigenvalue weighted by atomic mass is 9.44. The monoisotopic (exact) mass is 466 g/mol. The molecule has 7 atom stereocenters. The summed E-state index contributed by atoms with van der Waals surface area (Å²) in [5.41, 5.74) is 0.650. The maximum Gasteiger partial charge on any atom is 0.336 e. The second-order valence-corrected chi connectivity index (χ2v) is 11.6. The smallest absolute Gasteiger partial charge is 0.336 e. The number of ketones is 2. The van der Waals surface area contributed by atoms with E-state index in [2.05, 4.69) is 13.8 Å². The summed E-state index contributed by atoms with van der Waals surface area (Å²) >= 11 is 0. The van der Waals surface area contributed by atoms with E-state index in [0.29, 0.717) is 11.8 Å². The van der Waals surface area contributed by atoms with Crippen LogP contribution in [0.5, 0.6) is 11.5 Å². The molecule has 3 saturated carbocycles. The Kier molecular flexibility index (Phi) is 5.23. The number of phenolic OH excluding ortho intramolecular Hbond substituents is 2. The van der Waals surface area contributed by atoms with Crippen LogP contribution >= 0.6 is 0 Å². The summed E-state index contributed by atoms with van der Waals surface area (Å²) in [6.07, 6.45) is 7.39. The molecule has 3 N–H and O–H groups in total. The summed E-state index contributed by atoms with van der Waals surface area (Å²) < 4.78 is 0. The number of rotatable bonds is 3. The highest BCUT2D eigenvalue weighted by molar-refractivity contribution is 5.95. The van der Waals surface area contributed by atoms with E-state index >= 15 is 0 Å². The molecule has 0 spiro atoms. The van der Waals surface area contributed by atoms with Crippen molar-refractivity contribution in [1.82, 2.24) is 0 Å². The number of carboxylic acids is 1. The first-order valence-corrected chi connectivity index (χ1v) is 12.5. The van der Waals surface area contributed by atoms with Crippen molar-refractivity contribution in [1.29, 1.82) is 0 Å². The summed E-state index contributed by atoms with van der Waals surface area (Å²) in [6, 6.07) is 2.52. The average molecular weight is 467 g/mol. The lowest BCUT2D eigenvalue weighted by Crippen LogP contribution is -2.53. The van der Waals surface area contributed by atoms with Gasteiger partial charge < -0.3 is 15.3 Å². The lowest BCUT2D eigenvalue weighted by Gasteiger charge is -2.60. The van der Waals surface area contributed by atoms with Gasteiger partial charge in [-0.25, -0.2) is 4.79 Å². The van der Waals surface area contributed by atoms with Crippen LogP contribution < -0.4 is 0 Å². The second-order valence-electron chi connectivity index (χ2n) is 11.6. The molecule has 182 valence electrons. The van der Waals surface area contributed by atoms with Crippen LogP contribution in [0.25, 0.3) is 0 Å². The molecule has 1 aromatic carbocycles. The highest BCUT2D eigenvalue weighted by Gasteiger charge is 2.62. The summed E-state index contributed by atoms with van der Waals surface area (Å²) in [5, 5.41) is 31.1. The van der Waals surface area contributed by atoms with Gasteiger partial charge in [-0.05, 0) is 92.2 Å². The minimum Gasteiger partial charge on any atom is -0.504 e. The van der Waals surface area contributed by atoms with E-state index in [-0.39, 0.29) is 52.1 Å². The van der Waals surface area contributed by atoms with Crippen LogP contribution in [0.2, 0.25) is 0 Å². The molecule has 4 aliphatic carbocycles. The largest absolute Gasteiger partial charge is 0.504 e. The first kappa shape index (κ1) is 23.1. The minimum absolute atomic E-state index is 0.00998. The van der Waals surface area contributed by atoms with E-state index in [9.17, 15) is 29.7 Å². The van der Waals surface area contributed by atoms with Crippen molar-refractivity contribution in [3.8, 4) is 11.5 Å². The Bertz CT molecular complexity index is 1120. The molecule has 0 bridgehead atoms. The van der Waals surface area contributed by atoms with E-state index in [1.54, 1.807) is 13.0 Å². The molecular formula is C28H34O6. The van der Waals surface area contributed by atoms with Crippen LogP contribution in [0.4, 0.5) is 0 Å². The molecule has 5 rings (SSSR count). The number of aromatic hydroxyl groups is 2. The van der Waals surface area contributed by atoms with Gasteiger partial charge in [-0.3, -0.25) is 9.59 Å². The number of benzene rings is 1. The van der Waals surface area contributed by atoms with Gasteiger partial charge >= 0.3 is 5.97 Å². The topological polar surface area (TPSA) is 112 Å². The fourth-order valence-corrected chi connectivity index (χ4v) is 8.85. The number of hydrogen-bond acceptors (Lipinski definition) is 5. The summed E-state index contributed by atoms with van der Waals surface area (Å²) in [4.78, 5) is 37.4. The van der Waals surface area contributed by atoms with Crippen LogP contribution in [0.15, 0.2) is 23.8 Å². The van der Waals surface area contributed by atoms with Crippen molar-refractivity contribution < 1.29 is 29.7 Å². The van der Waals surface area contributed by atoms with E-state index in [1.165, 1.54) is 12.1 Å². The molecular weight excluding hydrogens is 432 g/mol.